The van der Waals surface area contributed by atoms with Crippen LogP contribution in [0.2, 0.25) is 5.02 Å². The SMILES string of the molecule is N#Cc1ccc(N2CCCN(S(=O)(=O)c3ccc(F)cc3)CC2)cc1Cl. The summed E-state index contributed by atoms with van der Waals surface area (Å²) in [5, 5.41) is 9.35. The van der Waals surface area contributed by atoms with E-state index >= 15 is 0 Å². The van der Waals surface area contributed by atoms with Crippen molar-refractivity contribution in [2.45, 2.75) is 11.3 Å². The van der Waals surface area contributed by atoms with Gasteiger partial charge in [0.2, 0.25) is 10.0 Å². The van der Waals surface area contributed by atoms with Crippen molar-refractivity contribution in [3.8, 4) is 6.07 Å². The van der Waals surface area contributed by atoms with Crippen molar-refractivity contribution >= 4 is 27.3 Å². The van der Waals surface area contributed by atoms with E-state index in [1.165, 1.54) is 16.4 Å². The first-order valence-corrected chi connectivity index (χ1v) is 9.94. The molecular formula is C18H17ClFN3O2S. The summed E-state index contributed by atoms with van der Waals surface area (Å²) in [6, 6.07) is 12.1. The van der Waals surface area contributed by atoms with Gasteiger partial charge in [0, 0.05) is 31.9 Å². The highest BCUT2D eigenvalue weighted by Gasteiger charge is 2.27. The van der Waals surface area contributed by atoms with Crippen LogP contribution in [0, 0.1) is 17.1 Å². The Bertz CT molecular complexity index is 942. The van der Waals surface area contributed by atoms with E-state index in [4.69, 9.17) is 16.9 Å². The van der Waals surface area contributed by atoms with Crippen LogP contribution in [0.15, 0.2) is 47.4 Å². The molecule has 1 aliphatic rings. The minimum atomic E-state index is -3.66. The second-order valence-electron chi connectivity index (χ2n) is 5.97. The first kappa shape index (κ1) is 18.6. The second-order valence-corrected chi connectivity index (χ2v) is 8.32. The average molecular weight is 394 g/mol. The lowest BCUT2D eigenvalue weighted by atomic mass is 10.2. The fourth-order valence-corrected chi connectivity index (χ4v) is 4.63. The Balaban J connectivity index is 1.77. The van der Waals surface area contributed by atoms with Gasteiger partial charge < -0.3 is 4.90 Å². The van der Waals surface area contributed by atoms with Gasteiger partial charge in [0.1, 0.15) is 11.9 Å². The number of nitriles is 1. The maximum absolute atomic E-state index is 13.1. The third-order valence-corrected chi connectivity index (χ3v) is 6.57. The third-order valence-electron chi connectivity index (χ3n) is 4.34. The first-order chi connectivity index (χ1) is 12.4. The summed E-state index contributed by atoms with van der Waals surface area (Å²) in [6.45, 7) is 1.89. The van der Waals surface area contributed by atoms with Gasteiger partial charge in [-0.3, -0.25) is 0 Å². The monoisotopic (exact) mass is 393 g/mol. The summed E-state index contributed by atoms with van der Waals surface area (Å²) in [5.41, 5.74) is 1.26. The zero-order valence-electron chi connectivity index (χ0n) is 13.9. The molecule has 3 rings (SSSR count). The summed E-state index contributed by atoms with van der Waals surface area (Å²) in [6.07, 6.45) is 0.651. The predicted octanol–water partition coefficient (Wildman–Crippen LogP) is 3.25. The number of nitrogens with zero attached hydrogens (tertiary/aromatic N) is 3. The highest BCUT2D eigenvalue weighted by atomic mass is 35.5. The van der Waals surface area contributed by atoms with Gasteiger partial charge >= 0.3 is 0 Å². The molecular weight excluding hydrogens is 377 g/mol. The summed E-state index contributed by atoms with van der Waals surface area (Å²) >= 11 is 6.10. The van der Waals surface area contributed by atoms with Crippen molar-refractivity contribution in [3.05, 3.63) is 58.9 Å². The molecule has 0 atom stereocenters. The normalized spacial score (nSPS) is 16.1. The standard InChI is InChI=1S/C18H17ClFN3O2S/c19-18-12-16(5-2-14(18)13-21)22-8-1-9-23(11-10-22)26(24,25)17-6-3-15(20)4-7-17/h2-7,12H,1,8-11H2. The lowest BCUT2D eigenvalue weighted by molar-refractivity contribution is 0.433. The molecule has 0 N–H and O–H groups in total. The quantitative estimate of drug-likeness (QED) is 0.802. The molecule has 0 bridgehead atoms. The minimum Gasteiger partial charge on any atom is -0.370 e. The molecule has 1 heterocycles. The average Bonchev–Trinajstić information content (AvgIpc) is 2.89. The maximum atomic E-state index is 13.1. The maximum Gasteiger partial charge on any atom is 0.243 e. The predicted molar refractivity (Wildman–Crippen MR) is 98.2 cm³/mol. The Morgan fingerprint density at radius 2 is 1.77 bits per heavy atom. The third kappa shape index (κ3) is 3.83. The van der Waals surface area contributed by atoms with Crippen LogP contribution in [0.5, 0.6) is 0 Å². The van der Waals surface area contributed by atoms with Gasteiger partial charge in [-0.25, -0.2) is 12.8 Å². The van der Waals surface area contributed by atoms with E-state index in [-0.39, 0.29) is 4.90 Å². The van der Waals surface area contributed by atoms with Gasteiger partial charge in [0.15, 0.2) is 0 Å². The molecule has 0 saturated carbocycles. The Kier molecular flexibility index (Phi) is 5.47. The number of benzene rings is 2. The summed E-state index contributed by atoms with van der Waals surface area (Å²) in [4.78, 5) is 2.14. The number of anilines is 1. The molecule has 0 amide bonds. The van der Waals surface area contributed by atoms with E-state index in [2.05, 4.69) is 0 Å². The van der Waals surface area contributed by atoms with Crippen molar-refractivity contribution in [1.29, 1.82) is 5.26 Å². The molecule has 1 aliphatic heterocycles. The van der Waals surface area contributed by atoms with Gasteiger partial charge in [0.05, 0.1) is 15.5 Å². The largest absolute Gasteiger partial charge is 0.370 e. The lowest BCUT2D eigenvalue weighted by Gasteiger charge is -2.24. The van der Waals surface area contributed by atoms with Crippen LogP contribution < -0.4 is 4.90 Å². The fraction of sp³-hybridized carbons (Fsp3) is 0.278. The van der Waals surface area contributed by atoms with E-state index < -0.39 is 15.8 Å². The van der Waals surface area contributed by atoms with Gasteiger partial charge in [-0.1, -0.05) is 11.6 Å². The van der Waals surface area contributed by atoms with Crippen molar-refractivity contribution in [2.24, 2.45) is 0 Å². The van der Waals surface area contributed by atoms with E-state index in [0.717, 1.165) is 17.8 Å². The number of hydrogen-bond donors (Lipinski definition) is 0. The van der Waals surface area contributed by atoms with Crippen molar-refractivity contribution in [2.75, 3.05) is 31.1 Å². The molecule has 1 fully saturated rings. The molecule has 0 aromatic heterocycles. The Labute approximate surface area is 157 Å². The van der Waals surface area contributed by atoms with Crippen LogP contribution in [-0.4, -0.2) is 38.9 Å². The molecule has 0 aliphatic carbocycles. The van der Waals surface area contributed by atoms with Crippen LogP contribution in [-0.2, 0) is 10.0 Å². The molecule has 8 heteroatoms. The molecule has 0 spiro atoms. The molecule has 1 saturated heterocycles. The van der Waals surface area contributed by atoms with Crippen molar-refractivity contribution in [3.63, 3.8) is 0 Å². The Hall–Kier alpha value is -2.14. The molecule has 2 aromatic rings. The lowest BCUT2D eigenvalue weighted by Crippen LogP contribution is -2.35. The highest BCUT2D eigenvalue weighted by molar-refractivity contribution is 7.89. The van der Waals surface area contributed by atoms with Crippen LogP contribution in [0.25, 0.3) is 0 Å². The molecule has 0 radical (unpaired) electrons. The number of halogens is 2. The van der Waals surface area contributed by atoms with Crippen LogP contribution in [0.4, 0.5) is 10.1 Å². The van der Waals surface area contributed by atoms with Gasteiger partial charge in [-0.2, -0.15) is 9.57 Å². The molecule has 26 heavy (non-hydrogen) atoms. The first-order valence-electron chi connectivity index (χ1n) is 8.12. The Morgan fingerprint density at radius 3 is 2.42 bits per heavy atom. The zero-order chi connectivity index (χ0) is 18.7. The summed E-state index contributed by atoms with van der Waals surface area (Å²) in [7, 11) is -3.66. The van der Waals surface area contributed by atoms with Crippen molar-refractivity contribution < 1.29 is 12.8 Å². The summed E-state index contributed by atoms with van der Waals surface area (Å²) in [5.74, 6) is -0.469. The van der Waals surface area contributed by atoms with E-state index in [1.54, 1.807) is 12.1 Å². The van der Waals surface area contributed by atoms with Gasteiger partial charge in [-0.05, 0) is 48.9 Å². The molecule has 2 aromatic carbocycles. The molecule has 136 valence electrons. The zero-order valence-corrected chi connectivity index (χ0v) is 15.5. The number of sulfonamides is 1. The summed E-state index contributed by atoms with van der Waals surface area (Å²) < 4.78 is 40.0. The topological polar surface area (TPSA) is 64.4 Å². The smallest absolute Gasteiger partial charge is 0.243 e. The van der Waals surface area contributed by atoms with Crippen LogP contribution >= 0.6 is 11.6 Å². The fourth-order valence-electron chi connectivity index (χ4n) is 2.94. The molecule has 5 nitrogen and oxygen atoms in total. The number of hydrogen-bond acceptors (Lipinski definition) is 4. The Morgan fingerprint density at radius 1 is 1.04 bits per heavy atom. The van der Waals surface area contributed by atoms with Crippen LogP contribution in [0.1, 0.15) is 12.0 Å². The van der Waals surface area contributed by atoms with E-state index in [0.29, 0.717) is 43.2 Å². The van der Waals surface area contributed by atoms with Crippen molar-refractivity contribution in [1.82, 2.24) is 4.31 Å². The van der Waals surface area contributed by atoms with E-state index in [9.17, 15) is 12.8 Å². The van der Waals surface area contributed by atoms with E-state index in [1.807, 2.05) is 17.0 Å². The molecule has 0 unspecified atom stereocenters. The highest BCUT2D eigenvalue weighted by Crippen LogP contribution is 2.25. The van der Waals surface area contributed by atoms with Gasteiger partial charge in [-0.15, -0.1) is 0 Å². The minimum absolute atomic E-state index is 0.0915. The van der Waals surface area contributed by atoms with Crippen LogP contribution in [0.3, 0.4) is 0 Å². The number of rotatable bonds is 3. The second kappa shape index (κ2) is 7.62. The van der Waals surface area contributed by atoms with Gasteiger partial charge in [0.25, 0.3) is 0 Å².